The molecule has 1 aliphatic heterocycles. The minimum atomic E-state index is -0.149. The number of aliphatic hydroxyl groups excluding tert-OH is 1. The molecular formula is C13H16FNO. The second-order valence-corrected chi connectivity index (χ2v) is 5.22. The Hall–Kier alpha value is -0.930. The van der Waals surface area contributed by atoms with Crippen molar-refractivity contribution in [3.8, 4) is 0 Å². The Morgan fingerprint density at radius 2 is 2.00 bits per heavy atom. The highest BCUT2D eigenvalue weighted by Crippen LogP contribution is 2.46. The molecule has 0 radical (unpaired) electrons. The van der Waals surface area contributed by atoms with Gasteiger partial charge in [0.15, 0.2) is 0 Å². The van der Waals surface area contributed by atoms with Crippen LogP contribution in [0, 0.1) is 11.2 Å². The molecule has 3 heteroatoms. The smallest absolute Gasteiger partial charge is 0.123 e. The molecular weight excluding hydrogens is 205 g/mol. The van der Waals surface area contributed by atoms with E-state index >= 15 is 0 Å². The van der Waals surface area contributed by atoms with Gasteiger partial charge < -0.3 is 5.11 Å². The van der Waals surface area contributed by atoms with Gasteiger partial charge in [-0.15, -0.1) is 0 Å². The second kappa shape index (κ2) is 3.54. The van der Waals surface area contributed by atoms with Gasteiger partial charge in [-0.05, 0) is 36.1 Å². The average molecular weight is 221 g/mol. The number of hydrogen-bond acceptors (Lipinski definition) is 2. The minimum absolute atomic E-state index is 0.149. The first-order valence-corrected chi connectivity index (χ1v) is 5.81. The molecule has 0 unspecified atom stereocenters. The zero-order valence-corrected chi connectivity index (χ0v) is 9.25. The zero-order valence-electron chi connectivity index (χ0n) is 9.25. The van der Waals surface area contributed by atoms with Gasteiger partial charge in [-0.2, -0.15) is 0 Å². The van der Waals surface area contributed by atoms with Crippen LogP contribution in [0.3, 0.4) is 0 Å². The Morgan fingerprint density at radius 1 is 1.25 bits per heavy atom. The van der Waals surface area contributed by atoms with Crippen LogP contribution in [-0.4, -0.2) is 23.2 Å². The standard InChI is InChI=1S/C13H16FNO/c14-12-2-1-10-6-15(7-11(10)5-12)8-13(9-16)3-4-13/h1-2,5,16H,3-4,6-9H2. The summed E-state index contributed by atoms with van der Waals surface area (Å²) in [4.78, 5) is 2.31. The molecule has 16 heavy (non-hydrogen) atoms. The molecule has 2 aliphatic rings. The normalized spacial score (nSPS) is 22.1. The lowest BCUT2D eigenvalue weighted by Crippen LogP contribution is -2.27. The summed E-state index contributed by atoms with van der Waals surface area (Å²) >= 11 is 0. The van der Waals surface area contributed by atoms with Crippen LogP contribution in [-0.2, 0) is 13.1 Å². The lowest BCUT2D eigenvalue weighted by Gasteiger charge is -2.20. The Kier molecular flexibility index (Phi) is 2.26. The lowest BCUT2D eigenvalue weighted by atomic mass is 10.1. The molecule has 1 heterocycles. The van der Waals surface area contributed by atoms with E-state index in [1.54, 1.807) is 6.07 Å². The number of hydrogen-bond donors (Lipinski definition) is 1. The molecule has 1 aromatic carbocycles. The Labute approximate surface area is 94.7 Å². The first kappa shape index (κ1) is 10.2. The van der Waals surface area contributed by atoms with Gasteiger partial charge in [0.25, 0.3) is 0 Å². The van der Waals surface area contributed by atoms with Gasteiger partial charge in [-0.1, -0.05) is 6.07 Å². The molecule has 0 amide bonds. The van der Waals surface area contributed by atoms with Crippen LogP contribution in [0.15, 0.2) is 18.2 Å². The van der Waals surface area contributed by atoms with Gasteiger partial charge in [-0.25, -0.2) is 4.39 Å². The molecule has 2 nitrogen and oxygen atoms in total. The molecule has 1 N–H and O–H groups in total. The molecule has 0 bridgehead atoms. The summed E-state index contributed by atoms with van der Waals surface area (Å²) in [5, 5.41) is 9.29. The van der Waals surface area contributed by atoms with E-state index in [0.717, 1.165) is 38.0 Å². The maximum Gasteiger partial charge on any atom is 0.123 e. The van der Waals surface area contributed by atoms with Crippen molar-refractivity contribution in [2.75, 3.05) is 13.2 Å². The van der Waals surface area contributed by atoms with E-state index in [-0.39, 0.29) is 17.8 Å². The zero-order chi connectivity index (χ0) is 11.2. The van der Waals surface area contributed by atoms with Gasteiger partial charge in [0.1, 0.15) is 5.82 Å². The average Bonchev–Trinajstić information content (AvgIpc) is 2.92. The number of rotatable bonds is 3. The van der Waals surface area contributed by atoms with Gasteiger partial charge in [0.2, 0.25) is 0 Å². The fourth-order valence-corrected chi connectivity index (χ4v) is 2.56. The third kappa shape index (κ3) is 1.74. The second-order valence-electron chi connectivity index (χ2n) is 5.22. The summed E-state index contributed by atoms with van der Waals surface area (Å²) in [5.74, 6) is -0.149. The fraction of sp³-hybridized carbons (Fsp3) is 0.538. The summed E-state index contributed by atoms with van der Waals surface area (Å²) in [7, 11) is 0. The fourth-order valence-electron chi connectivity index (χ4n) is 2.56. The van der Waals surface area contributed by atoms with Crippen LogP contribution in [0.4, 0.5) is 4.39 Å². The number of fused-ring (bicyclic) bond motifs is 1. The van der Waals surface area contributed by atoms with Crippen molar-refractivity contribution < 1.29 is 9.50 Å². The van der Waals surface area contributed by atoms with E-state index in [0.29, 0.717) is 0 Å². The summed E-state index contributed by atoms with van der Waals surface area (Å²) in [5.41, 5.74) is 2.49. The number of benzene rings is 1. The molecule has 1 fully saturated rings. The topological polar surface area (TPSA) is 23.5 Å². The molecule has 1 saturated carbocycles. The predicted molar refractivity (Wildman–Crippen MR) is 59.3 cm³/mol. The molecule has 1 aromatic rings. The summed E-state index contributed by atoms with van der Waals surface area (Å²) in [6.07, 6.45) is 2.26. The maximum atomic E-state index is 13.0. The van der Waals surface area contributed by atoms with E-state index < -0.39 is 0 Å². The molecule has 0 aromatic heterocycles. The van der Waals surface area contributed by atoms with Gasteiger partial charge in [0, 0.05) is 31.7 Å². The first-order valence-electron chi connectivity index (χ1n) is 5.81. The van der Waals surface area contributed by atoms with Gasteiger partial charge in [0.05, 0.1) is 0 Å². The van der Waals surface area contributed by atoms with Crippen LogP contribution in [0.2, 0.25) is 0 Å². The van der Waals surface area contributed by atoms with Crippen molar-refractivity contribution in [3.05, 3.63) is 35.1 Å². The summed E-state index contributed by atoms with van der Waals surface area (Å²) in [6.45, 7) is 2.96. The lowest BCUT2D eigenvalue weighted by molar-refractivity contribution is 0.148. The SMILES string of the molecule is OCC1(CN2Cc3ccc(F)cc3C2)CC1. The van der Waals surface area contributed by atoms with Crippen molar-refractivity contribution in [1.29, 1.82) is 0 Å². The Morgan fingerprint density at radius 3 is 2.69 bits per heavy atom. The largest absolute Gasteiger partial charge is 0.396 e. The third-order valence-electron chi connectivity index (χ3n) is 3.81. The van der Waals surface area contributed by atoms with Crippen molar-refractivity contribution in [3.63, 3.8) is 0 Å². The monoisotopic (exact) mass is 221 g/mol. The Balaban J connectivity index is 1.71. The molecule has 0 atom stereocenters. The first-order chi connectivity index (χ1) is 7.71. The highest BCUT2D eigenvalue weighted by atomic mass is 19.1. The van der Waals surface area contributed by atoms with E-state index in [4.69, 9.17) is 0 Å². The van der Waals surface area contributed by atoms with Crippen molar-refractivity contribution in [2.24, 2.45) is 5.41 Å². The number of aliphatic hydroxyl groups is 1. The van der Waals surface area contributed by atoms with Crippen LogP contribution in [0.5, 0.6) is 0 Å². The molecule has 0 spiro atoms. The van der Waals surface area contributed by atoms with Gasteiger partial charge >= 0.3 is 0 Å². The predicted octanol–water partition coefficient (Wildman–Crippen LogP) is 1.91. The summed E-state index contributed by atoms with van der Waals surface area (Å²) < 4.78 is 13.0. The highest BCUT2D eigenvalue weighted by molar-refractivity contribution is 5.31. The third-order valence-corrected chi connectivity index (χ3v) is 3.81. The van der Waals surface area contributed by atoms with Crippen LogP contribution in [0.1, 0.15) is 24.0 Å². The molecule has 1 aliphatic carbocycles. The summed E-state index contributed by atoms with van der Waals surface area (Å²) in [6, 6.07) is 5.04. The van der Waals surface area contributed by atoms with Crippen molar-refractivity contribution >= 4 is 0 Å². The van der Waals surface area contributed by atoms with Crippen LogP contribution in [0.25, 0.3) is 0 Å². The minimum Gasteiger partial charge on any atom is -0.396 e. The van der Waals surface area contributed by atoms with E-state index in [1.165, 1.54) is 11.6 Å². The highest BCUT2D eigenvalue weighted by Gasteiger charge is 2.43. The van der Waals surface area contributed by atoms with Crippen LogP contribution < -0.4 is 0 Å². The molecule has 86 valence electrons. The van der Waals surface area contributed by atoms with E-state index in [1.807, 2.05) is 6.07 Å². The Bertz CT molecular complexity index is 414. The quantitative estimate of drug-likeness (QED) is 0.842. The van der Waals surface area contributed by atoms with Crippen molar-refractivity contribution in [2.45, 2.75) is 25.9 Å². The molecule has 0 saturated heterocycles. The van der Waals surface area contributed by atoms with E-state index in [9.17, 15) is 9.50 Å². The van der Waals surface area contributed by atoms with E-state index in [2.05, 4.69) is 4.90 Å². The number of halogens is 1. The van der Waals surface area contributed by atoms with Crippen LogP contribution >= 0.6 is 0 Å². The van der Waals surface area contributed by atoms with Crippen molar-refractivity contribution in [1.82, 2.24) is 4.90 Å². The molecule has 3 rings (SSSR count). The number of nitrogens with zero attached hydrogens (tertiary/aromatic N) is 1. The maximum absolute atomic E-state index is 13.0. The van der Waals surface area contributed by atoms with Gasteiger partial charge in [-0.3, -0.25) is 4.90 Å².